The van der Waals surface area contributed by atoms with Crippen molar-refractivity contribution in [3.05, 3.63) is 38.1 Å². The molecular formula is C10H7BrCl2N2O2S2. The summed E-state index contributed by atoms with van der Waals surface area (Å²) in [5.74, 6) is 0. The van der Waals surface area contributed by atoms with Crippen LogP contribution in [-0.2, 0) is 10.0 Å². The van der Waals surface area contributed by atoms with Crippen molar-refractivity contribution < 1.29 is 8.42 Å². The van der Waals surface area contributed by atoms with Gasteiger partial charge in [0, 0.05) is 0 Å². The Kier molecular flexibility index (Phi) is 4.32. The Morgan fingerprint density at radius 3 is 2.42 bits per heavy atom. The fraction of sp³-hybridized carbons (Fsp3) is 0. The van der Waals surface area contributed by atoms with E-state index in [1.807, 2.05) is 0 Å². The molecule has 0 aliphatic carbocycles. The molecular weight excluding hydrogens is 395 g/mol. The number of halogens is 3. The van der Waals surface area contributed by atoms with Gasteiger partial charge in [-0.15, -0.1) is 11.3 Å². The van der Waals surface area contributed by atoms with Crippen molar-refractivity contribution in [2.45, 2.75) is 4.21 Å². The Labute approximate surface area is 132 Å². The lowest BCUT2D eigenvalue weighted by Gasteiger charge is -2.07. The molecule has 2 aromatic rings. The average molecular weight is 402 g/mol. The highest BCUT2D eigenvalue weighted by Crippen LogP contribution is 2.35. The molecule has 2 rings (SSSR count). The van der Waals surface area contributed by atoms with Crippen molar-refractivity contribution in [3.8, 4) is 0 Å². The summed E-state index contributed by atoms with van der Waals surface area (Å²) in [5.41, 5.74) is 6.27. The predicted molar refractivity (Wildman–Crippen MR) is 83.7 cm³/mol. The summed E-state index contributed by atoms with van der Waals surface area (Å²) in [6.07, 6.45) is 0. The first-order chi connectivity index (χ1) is 8.79. The molecule has 1 aromatic carbocycles. The number of nitrogens with one attached hydrogen (secondary N) is 1. The number of anilines is 2. The van der Waals surface area contributed by atoms with Crippen molar-refractivity contribution in [3.63, 3.8) is 0 Å². The van der Waals surface area contributed by atoms with Gasteiger partial charge in [-0.2, -0.15) is 0 Å². The molecule has 0 saturated heterocycles. The van der Waals surface area contributed by atoms with E-state index in [1.54, 1.807) is 0 Å². The number of sulfonamides is 1. The van der Waals surface area contributed by atoms with Crippen molar-refractivity contribution >= 4 is 71.9 Å². The molecule has 1 aromatic heterocycles. The van der Waals surface area contributed by atoms with Gasteiger partial charge in [0.15, 0.2) is 0 Å². The lowest BCUT2D eigenvalue weighted by atomic mass is 10.3. The molecule has 9 heteroatoms. The van der Waals surface area contributed by atoms with Gasteiger partial charge in [-0.1, -0.05) is 23.2 Å². The summed E-state index contributed by atoms with van der Waals surface area (Å²) in [6, 6.07) is 5.87. The molecule has 1 heterocycles. The highest BCUT2D eigenvalue weighted by molar-refractivity contribution is 9.11. The average Bonchev–Trinajstić information content (AvgIpc) is 2.65. The molecule has 0 aliphatic heterocycles. The van der Waals surface area contributed by atoms with E-state index in [4.69, 9.17) is 28.9 Å². The van der Waals surface area contributed by atoms with Crippen LogP contribution in [0.1, 0.15) is 0 Å². The van der Waals surface area contributed by atoms with Crippen molar-refractivity contribution in [1.29, 1.82) is 0 Å². The van der Waals surface area contributed by atoms with Gasteiger partial charge >= 0.3 is 0 Å². The van der Waals surface area contributed by atoms with E-state index >= 15 is 0 Å². The third-order valence-electron chi connectivity index (χ3n) is 2.14. The first-order valence-electron chi connectivity index (χ1n) is 4.82. The SMILES string of the molecule is Nc1ccc(NS(=O)(=O)c2cc(Cl)c(Br)s2)cc1Cl. The van der Waals surface area contributed by atoms with Gasteiger partial charge < -0.3 is 5.73 Å². The van der Waals surface area contributed by atoms with Gasteiger partial charge in [0.25, 0.3) is 10.0 Å². The maximum atomic E-state index is 12.1. The van der Waals surface area contributed by atoms with Gasteiger partial charge in [0.05, 0.1) is 25.2 Å². The van der Waals surface area contributed by atoms with Crippen molar-refractivity contribution in [2.24, 2.45) is 0 Å². The van der Waals surface area contributed by atoms with Gasteiger partial charge in [-0.25, -0.2) is 8.42 Å². The van der Waals surface area contributed by atoms with Gasteiger partial charge in [-0.05, 0) is 40.2 Å². The van der Waals surface area contributed by atoms with E-state index in [1.165, 1.54) is 24.3 Å². The van der Waals surface area contributed by atoms with Gasteiger partial charge in [0.1, 0.15) is 4.21 Å². The summed E-state index contributed by atoms with van der Waals surface area (Å²) >= 11 is 15.8. The molecule has 19 heavy (non-hydrogen) atoms. The number of hydrogen-bond acceptors (Lipinski definition) is 4. The van der Waals surface area contributed by atoms with E-state index in [0.29, 0.717) is 20.2 Å². The number of nitrogen functional groups attached to an aromatic ring is 1. The summed E-state index contributed by atoms with van der Waals surface area (Å²) in [4.78, 5) is 0. The molecule has 0 amide bonds. The maximum absolute atomic E-state index is 12.1. The Balaban J connectivity index is 2.33. The molecule has 0 unspecified atom stereocenters. The Morgan fingerprint density at radius 1 is 1.21 bits per heavy atom. The van der Waals surface area contributed by atoms with Crippen LogP contribution < -0.4 is 10.5 Å². The normalized spacial score (nSPS) is 11.5. The van der Waals surface area contributed by atoms with Crippen LogP contribution in [0.2, 0.25) is 10.0 Å². The number of benzene rings is 1. The third-order valence-corrected chi connectivity index (χ3v) is 6.80. The smallest absolute Gasteiger partial charge is 0.271 e. The molecule has 0 bridgehead atoms. The standard InChI is InChI=1S/C10H7BrCl2N2O2S2/c11-10-7(13)4-9(18-10)19(16,17)15-5-1-2-8(14)6(12)3-5/h1-4,15H,14H2. The van der Waals surface area contributed by atoms with Crippen LogP contribution in [-0.4, -0.2) is 8.42 Å². The predicted octanol–water partition coefficient (Wildman–Crippen LogP) is 4.20. The fourth-order valence-corrected chi connectivity index (χ4v) is 4.88. The van der Waals surface area contributed by atoms with Crippen LogP contribution >= 0.6 is 50.5 Å². The van der Waals surface area contributed by atoms with Crippen LogP contribution in [0.4, 0.5) is 11.4 Å². The highest BCUT2D eigenvalue weighted by atomic mass is 79.9. The van der Waals surface area contributed by atoms with Crippen molar-refractivity contribution in [2.75, 3.05) is 10.5 Å². The van der Waals surface area contributed by atoms with E-state index in [9.17, 15) is 8.42 Å². The quantitative estimate of drug-likeness (QED) is 0.757. The van der Waals surface area contributed by atoms with Crippen LogP contribution in [0.15, 0.2) is 32.3 Å². The summed E-state index contributed by atoms with van der Waals surface area (Å²) in [5, 5.41) is 0.631. The number of rotatable bonds is 3. The minimum atomic E-state index is -3.69. The highest BCUT2D eigenvalue weighted by Gasteiger charge is 2.19. The Bertz CT molecular complexity index is 712. The maximum Gasteiger partial charge on any atom is 0.271 e. The zero-order valence-electron chi connectivity index (χ0n) is 9.15. The second-order valence-corrected chi connectivity index (χ2v) is 8.62. The van der Waals surface area contributed by atoms with Crippen LogP contribution in [0.25, 0.3) is 0 Å². The molecule has 0 aliphatic rings. The number of hydrogen-bond donors (Lipinski definition) is 2. The lowest BCUT2D eigenvalue weighted by Crippen LogP contribution is -2.11. The van der Waals surface area contributed by atoms with E-state index < -0.39 is 10.0 Å². The van der Waals surface area contributed by atoms with E-state index in [2.05, 4.69) is 20.7 Å². The van der Waals surface area contributed by atoms with Gasteiger partial charge in [0.2, 0.25) is 0 Å². The Hall–Kier alpha value is -0.470. The first-order valence-corrected chi connectivity index (χ1v) is 8.67. The molecule has 0 spiro atoms. The second kappa shape index (κ2) is 5.49. The van der Waals surface area contributed by atoms with E-state index in [0.717, 1.165) is 11.3 Å². The number of nitrogens with two attached hydrogens (primary N) is 1. The summed E-state index contributed by atoms with van der Waals surface area (Å²) in [6.45, 7) is 0. The van der Waals surface area contributed by atoms with Crippen LogP contribution in [0.3, 0.4) is 0 Å². The van der Waals surface area contributed by atoms with Crippen LogP contribution in [0.5, 0.6) is 0 Å². The summed E-state index contributed by atoms with van der Waals surface area (Å²) in [7, 11) is -3.69. The monoisotopic (exact) mass is 400 g/mol. The molecule has 0 fully saturated rings. The minimum absolute atomic E-state index is 0.109. The fourth-order valence-electron chi connectivity index (χ4n) is 1.26. The van der Waals surface area contributed by atoms with E-state index in [-0.39, 0.29) is 9.23 Å². The lowest BCUT2D eigenvalue weighted by molar-refractivity contribution is 0.603. The second-order valence-electron chi connectivity index (χ2n) is 3.53. The zero-order chi connectivity index (χ0) is 14.2. The zero-order valence-corrected chi connectivity index (χ0v) is 13.9. The molecule has 0 radical (unpaired) electrons. The molecule has 0 atom stereocenters. The molecule has 102 valence electrons. The molecule has 0 saturated carbocycles. The van der Waals surface area contributed by atoms with Gasteiger partial charge in [-0.3, -0.25) is 4.72 Å². The molecule has 3 N–H and O–H groups in total. The third kappa shape index (κ3) is 3.35. The van der Waals surface area contributed by atoms with Crippen LogP contribution in [0, 0.1) is 0 Å². The number of thiophene rings is 1. The first kappa shape index (κ1) is 14.9. The minimum Gasteiger partial charge on any atom is -0.398 e. The van der Waals surface area contributed by atoms with Crippen molar-refractivity contribution in [1.82, 2.24) is 0 Å². The molecule has 4 nitrogen and oxygen atoms in total. The Morgan fingerprint density at radius 2 is 1.89 bits per heavy atom. The topological polar surface area (TPSA) is 72.2 Å². The summed E-state index contributed by atoms with van der Waals surface area (Å²) < 4.78 is 27.3. The largest absolute Gasteiger partial charge is 0.398 e.